The molecule has 0 amide bonds. The molecule has 0 saturated carbocycles. The highest BCUT2D eigenvalue weighted by Crippen LogP contribution is 2.37. The number of benzene rings is 2. The average Bonchev–Trinajstić information content (AvgIpc) is 2.45. The predicted molar refractivity (Wildman–Crippen MR) is 88.0 cm³/mol. The maximum atomic E-state index is 9.17. The summed E-state index contributed by atoms with van der Waals surface area (Å²) in [6.07, 6.45) is 0. The summed E-state index contributed by atoms with van der Waals surface area (Å²) in [5.41, 5.74) is 1.44. The second-order valence-electron chi connectivity index (χ2n) is 3.87. The Balaban J connectivity index is 2.40. The third-order valence-electron chi connectivity index (χ3n) is 2.51. The Labute approximate surface area is 143 Å². The van der Waals surface area contributed by atoms with Gasteiger partial charge >= 0.3 is 0 Å². The fraction of sp³-hybridized carbons (Fsp3) is 0.0714. The van der Waals surface area contributed by atoms with Crippen molar-refractivity contribution in [3.05, 3.63) is 56.0 Å². The minimum absolute atomic E-state index is 0.406. The van der Waals surface area contributed by atoms with Crippen LogP contribution in [-0.2, 0) is 5.33 Å². The van der Waals surface area contributed by atoms with Gasteiger partial charge in [0.05, 0.1) is 15.6 Å². The molecule has 0 N–H and O–H groups in total. The fourth-order valence-corrected chi connectivity index (χ4v) is 2.72. The van der Waals surface area contributed by atoms with Crippen LogP contribution in [0.25, 0.3) is 0 Å². The first-order chi connectivity index (χ1) is 9.55. The van der Waals surface area contributed by atoms with Crippen LogP contribution in [0.2, 0.25) is 10.0 Å². The van der Waals surface area contributed by atoms with Crippen LogP contribution in [-0.4, -0.2) is 0 Å². The summed E-state index contributed by atoms with van der Waals surface area (Å²) in [7, 11) is 0. The Kier molecular flexibility index (Phi) is 5.34. The monoisotopic (exact) mass is 433 g/mol. The number of ether oxygens (including phenoxy) is 1. The second-order valence-corrected chi connectivity index (χ2v) is 6.10. The summed E-state index contributed by atoms with van der Waals surface area (Å²) < 4.78 is 6.38. The average molecular weight is 436 g/mol. The van der Waals surface area contributed by atoms with E-state index in [4.69, 9.17) is 27.9 Å². The van der Waals surface area contributed by atoms with Crippen molar-refractivity contribution in [3.8, 4) is 17.6 Å². The van der Waals surface area contributed by atoms with Gasteiger partial charge in [0.15, 0.2) is 0 Å². The molecule has 6 heteroatoms. The van der Waals surface area contributed by atoms with Crippen molar-refractivity contribution < 1.29 is 4.74 Å². The molecule has 102 valence electrons. The number of halogens is 4. The maximum absolute atomic E-state index is 9.17. The molecule has 0 aliphatic carbocycles. The Morgan fingerprint density at radius 2 is 1.85 bits per heavy atom. The van der Waals surface area contributed by atoms with E-state index in [1.54, 1.807) is 24.3 Å². The van der Waals surface area contributed by atoms with Gasteiger partial charge < -0.3 is 4.74 Å². The van der Waals surface area contributed by atoms with Crippen LogP contribution in [0, 0.1) is 11.3 Å². The van der Waals surface area contributed by atoms with E-state index in [-0.39, 0.29) is 0 Å². The Morgan fingerprint density at radius 1 is 1.10 bits per heavy atom. The minimum Gasteiger partial charge on any atom is -0.454 e. The van der Waals surface area contributed by atoms with E-state index >= 15 is 0 Å². The molecule has 2 aromatic carbocycles. The molecule has 0 aliphatic heterocycles. The number of hydrogen-bond acceptors (Lipinski definition) is 2. The van der Waals surface area contributed by atoms with Crippen LogP contribution < -0.4 is 4.74 Å². The van der Waals surface area contributed by atoms with Gasteiger partial charge in [-0.05, 0) is 39.7 Å². The first-order valence-electron chi connectivity index (χ1n) is 5.46. The van der Waals surface area contributed by atoms with Crippen molar-refractivity contribution >= 4 is 55.1 Å². The van der Waals surface area contributed by atoms with Gasteiger partial charge in [0, 0.05) is 15.9 Å². The highest BCUT2D eigenvalue weighted by Gasteiger charge is 2.11. The summed E-state index contributed by atoms with van der Waals surface area (Å²) in [5.74, 6) is 0.848. The number of nitriles is 1. The number of nitrogens with zero attached hydrogens (tertiary/aromatic N) is 1. The van der Waals surface area contributed by atoms with Crippen LogP contribution in [0.1, 0.15) is 11.1 Å². The van der Waals surface area contributed by atoms with E-state index < -0.39 is 0 Å². The zero-order valence-corrected chi connectivity index (χ0v) is 14.6. The Hall–Kier alpha value is -0.730. The van der Waals surface area contributed by atoms with E-state index in [0.717, 1.165) is 5.56 Å². The molecule has 20 heavy (non-hydrogen) atoms. The molecule has 2 nitrogen and oxygen atoms in total. The van der Waals surface area contributed by atoms with Gasteiger partial charge in [-0.3, -0.25) is 0 Å². The molecule has 0 atom stereocenters. The molecule has 0 aliphatic rings. The summed E-state index contributed by atoms with van der Waals surface area (Å²) in [4.78, 5) is 0. The molecule has 0 aromatic heterocycles. The number of hydrogen-bond donors (Lipinski definition) is 0. The van der Waals surface area contributed by atoms with Gasteiger partial charge in [0.2, 0.25) is 0 Å². The molecule has 0 heterocycles. The topological polar surface area (TPSA) is 33.0 Å². The molecule has 0 unspecified atom stereocenters. The van der Waals surface area contributed by atoms with E-state index in [1.807, 2.05) is 6.07 Å². The summed E-state index contributed by atoms with van der Waals surface area (Å²) in [5, 5.41) is 10.7. The predicted octanol–water partition coefficient (Wildman–Crippen LogP) is 6.31. The van der Waals surface area contributed by atoms with Crippen LogP contribution in [0.5, 0.6) is 11.5 Å². The lowest BCUT2D eigenvalue weighted by molar-refractivity contribution is 0.481. The normalized spacial score (nSPS) is 10.2. The van der Waals surface area contributed by atoms with Crippen LogP contribution in [0.15, 0.2) is 34.8 Å². The molecular formula is C14H7Br2Cl2NO. The smallest absolute Gasteiger partial charge is 0.147 e. The lowest BCUT2D eigenvalue weighted by Gasteiger charge is -2.11. The maximum Gasteiger partial charge on any atom is 0.147 e. The molecule has 0 bridgehead atoms. The van der Waals surface area contributed by atoms with E-state index in [2.05, 4.69) is 37.9 Å². The van der Waals surface area contributed by atoms with Crippen molar-refractivity contribution in [3.63, 3.8) is 0 Å². The first kappa shape index (κ1) is 15.7. The van der Waals surface area contributed by atoms with Gasteiger partial charge in [0.1, 0.15) is 17.6 Å². The summed E-state index contributed by atoms with van der Waals surface area (Å²) >= 11 is 18.7. The molecule has 0 fully saturated rings. The number of rotatable bonds is 3. The van der Waals surface area contributed by atoms with Crippen LogP contribution in [0.4, 0.5) is 0 Å². The van der Waals surface area contributed by atoms with Crippen molar-refractivity contribution in [2.24, 2.45) is 0 Å². The molecular weight excluding hydrogens is 429 g/mol. The van der Waals surface area contributed by atoms with Crippen LogP contribution in [0.3, 0.4) is 0 Å². The lowest BCUT2D eigenvalue weighted by atomic mass is 10.1. The highest BCUT2D eigenvalue weighted by atomic mass is 79.9. The second kappa shape index (κ2) is 6.82. The Morgan fingerprint density at radius 3 is 2.50 bits per heavy atom. The third kappa shape index (κ3) is 3.48. The Bertz CT molecular complexity index is 698. The highest BCUT2D eigenvalue weighted by molar-refractivity contribution is 9.10. The SMILES string of the molecule is N#Cc1cc(CBr)ccc1Oc1cc(Cl)c(Br)cc1Cl. The van der Waals surface area contributed by atoms with E-state index in [0.29, 0.717) is 36.9 Å². The fourth-order valence-electron chi connectivity index (χ4n) is 1.54. The van der Waals surface area contributed by atoms with Gasteiger partial charge in [-0.2, -0.15) is 5.26 Å². The van der Waals surface area contributed by atoms with Crippen LogP contribution >= 0.6 is 55.1 Å². The largest absolute Gasteiger partial charge is 0.454 e. The number of alkyl halides is 1. The third-order valence-corrected chi connectivity index (χ3v) is 4.65. The summed E-state index contributed by atoms with van der Waals surface area (Å²) in [6.45, 7) is 0. The van der Waals surface area contributed by atoms with Gasteiger partial charge in [-0.15, -0.1) is 0 Å². The standard InChI is InChI=1S/C14H7Br2Cl2NO/c15-6-8-1-2-13(9(3-8)7-19)20-14-5-11(17)10(16)4-12(14)18/h1-5H,6H2. The lowest BCUT2D eigenvalue weighted by Crippen LogP contribution is -1.91. The zero-order chi connectivity index (χ0) is 14.7. The van der Waals surface area contributed by atoms with E-state index in [1.165, 1.54) is 0 Å². The zero-order valence-electron chi connectivity index (χ0n) is 9.96. The molecule has 2 rings (SSSR count). The molecule has 0 spiro atoms. The van der Waals surface area contributed by atoms with Gasteiger partial charge in [0.25, 0.3) is 0 Å². The van der Waals surface area contributed by atoms with Gasteiger partial charge in [-0.25, -0.2) is 0 Å². The minimum atomic E-state index is 0.406. The van der Waals surface area contributed by atoms with E-state index in [9.17, 15) is 5.26 Å². The van der Waals surface area contributed by atoms with Gasteiger partial charge in [-0.1, -0.05) is 45.2 Å². The first-order valence-corrected chi connectivity index (χ1v) is 8.13. The van der Waals surface area contributed by atoms with Crippen molar-refractivity contribution in [2.45, 2.75) is 5.33 Å². The summed E-state index contributed by atoms with van der Waals surface area (Å²) in [6, 6.07) is 10.7. The molecule has 0 radical (unpaired) electrons. The quantitative estimate of drug-likeness (QED) is 0.417. The molecule has 2 aromatic rings. The molecule has 0 saturated heterocycles. The van der Waals surface area contributed by atoms with Crippen molar-refractivity contribution in [1.82, 2.24) is 0 Å². The van der Waals surface area contributed by atoms with Crippen molar-refractivity contribution in [1.29, 1.82) is 5.26 Å². The van der Waals surface area contributed by atoms with Crippen molar-refractivity contribution in [2.75, 3.05) is 0 Å².